The third-order valence-electron chi connectivity index (χ3n) is 5.53. The maximum absolute atomic E-state index is 11.6. The number of ether oxygens (including phenoxy) is 1. The van der Waals surface area contributed by atoms with E-state index in [0.29, 0.717) is 0 Å². The van der Waals surface area contributed by atoms with Crippen LogP contribution in [0.5, 0.6) is 0 Å². The number of rotatable bonds is 5. The SMILES string of the molecule is CCN1CCC(CCNC(=NC)N2CCC(C(=O)OC)CC2)CC1. The fourth-order valence-corrected chi connectivity index (χ4v) is 3.81. The van der Waals surface area contributed by atoms with E-state index in [2.05, 4.69) is 27.0 Å². The van der Waals surface area contributed by atoms with E-state index in [0.717, 1.165) is 44.4 Å². The molecule has 24 heavy (non-hydrogen) atoms. The van der Waals surface area contributed by atoms with Crippen LogP contribution in [-0.4, -0.2) is 75.2 Å². The molecule has 0 radical (unpaired) electrons. The maximum Gasteiger partial charge on any atom is 0.308 e. The summed E-state index contributed by atoms with van der Waals surface area (Å²) in [6.45, 7) is 8.64. The van der Waals surface area contributed by atoms with Crippen molar-refractivity contribution in [1.29, 1.82) is 0 Å². The molecule has 0 aromatic carbocycles. The molecule has 1 N–H and O–H groups in total. The Morgan fingerprint density at radius 2 is 1.83 bits per heavy atom. The summed E-state index contributed by atoms with van der Waals surface area (Å²) in [4.78, 5) is 20.8. The zero-order chi connectivity index (χ0) is 17.4. The molecule has 2 saturated heterocycles. The zero-order valence-electron chi connectivity index (χ0n) is 15.6. The number of nitrogens with zero attached hydrogens (tertiary/aromatic N) is 3. The molecule has 2 aliphatic rings. The Labute approximate surface area is 146 Å². The van der Waals surface area contributed by atoms with E-state index in [1.807, 2.05) is 7.05 Å². The molecule has 0 aliphatic carbocycles. The molecule has 6 heteroatoms. The normalized spacial score (nSPS) is 21.8. The first-order valence-corrected chi connectivity index (χ1v) is 9.43. The lowest BCUT2D eigenvalue weighted by atomic mass is 9.93. The van der Waals surface area contributed by atoms with Crippen molar-refractivity contribution in [3.63, 3.8) is 0 Å². The van der Waals surface area contributed by atoms with Gasteiger partial charge in [0.1, 0.15) is 0 Å². The summed E-state index contributed by atoms with van der Waals surface area (Å²) < 4.78 is 4.85. The van der Waals surface area contributed by atoms with Crippen LogP contribution >= 0.6 is 0 Å². The Bertz CT molecular complexity index is 411. The second-order valence-electron chi connectivity index (χ2n) is 6.92. The van der Waals surface area contributed by atoms with Crippen LogP contribution in [-0.2, 0) is 9.53 Å². The minimum absolute atomic E-state index is 0.0492. The average Bonchev–Trinajstić information content (AvgIpc) is 2.65. The minimum Gasteiger partial charge on any atom is -0.469 e. The van der Waals surface area contributed by atoms with Crippen molar-refractivity contribution < 1.29 is 9.53 Å². The van der Waals surface area contributed by atoms with Crippen molar-refractivity contribution in [2.45, 2.75) is 39.0 Å². The van der Waals surface area contributed by atoms with E-state index in [4.69, 9.17) is 4.74 Å². The van der Waals surface area contributed by atoms with Gasteiger partial charge >= 0.3 is 5.97 Å². The summed E-state index contributed by atoms with van der Waals surface area (Å²) in [7, 11) is 3.31. The number of nitrogens with one attached hydrogen (secondary N) is 1. The highest BCUT2D eigenvalue weighted by atomic mass is 16.5. The van der Waals surface area contributed by atoms with E-state index in [1.54, 1.807) is 0 Å². The summed E-state index contributed by atoms with van der Waals surface area (Å²) in [5.41, 5.74) is 0. The van der Waals surface area contributed by atoms with Crippen molar-refractivity contribution in [3.05, 3.63) is 0 Å². The first kappa shape index (κ1) is 19.0. The van der Waals surface area contributed by atoms with Gasteiger partial charge in [0.15, 0.2) is 5.96 Å². The smallest absolute Gasteiger partial charge is 0.308 e. The van der Waals surface area contributed by atoms with Crippen LogP contribution in [0.15, 0.2) is 4.99 Å². The summed E-state index contributed by atoms with van der Waals surface area (Å²) in [5.74, 6) is 1.79. The predicted molar refractivity (Wildman–Crippen MR) is 97.1 cm³/mol. The molecule has 0 spiro atoms. The number of likely N-dealkylation sites (tertiary alicyclic amines) is 2. The lowest BCUT2D eigenvalue weighted by molar-refractivity contribution is -0.146. The summed E-state index contributed by atoms with van der Waals surface area (Å²) >= 11 is 0. The molecule has 2 fully saturated rings. The molecule has 138 valence electrons. The molecule has 2 rings (SSSR count). The molecule has 0 bridgehead atoms. The van der Waals surface area contributed by atoms with Gasteiger partial charge in [-0.05, 0) is 57.7 Å². The van der Waals surface area contributed by atoms with Gasteiger partial charge in [0.2, 0.25) is 0 Å². The quantitative estimate of drug-likeness (QED) is 0.468. The topological polar surface area (TPSA) is 57.2 Å². The molecule has 0 atom stereocenters. The highest BCUT2D eigenvalue weighted by molar-refractivity contribution is 5.80. The molecular formula is C18H34N4O2. The molecule has 0 unspecified atom stereocenters. The Hall–Kier alpha value is -1.30. The van der Waals surface area contributed by atoms with Gasteiger partial charge in [-0.15, -0.1) is 0 Å². The predicted octanol–water partition coefficient (Wildman–Crippen LogP) is 1.57. The lowest BCUT2D eigenvalue weighted by Gasteiger charge is -2.34. The number of hydrogen-bond acceptors (Lipinski definition) is 4. The van der Waals surface area contributed by atoms with E-state index in [1.165, 1.54) is 46.0 Å². The monoisotopic (exact) mass is 338 g/mol. The Kier molecular flexibility index (Phi) is 7.82. The van der Waals surface area contributed by atoms with Gasteiger partial charge in [-0.25, -0.2) is 0 Å². The van der Waals surface area contributed by atoms with Crippen molar-refractivity contribution in [2.24, 2.45) is 16.8 Å². The maximum atomic E-state index is 11.6. The average molecular weight is 338 g/mol. The number of guanidine groups is 1. The second kappa shape index (κ2) is 9.87. The number of carbonyl (C=O) groups excluding carboxylic acids is 1. The molecule has 0 amide bonds. The van der Waals surface area contributed by atoms with Crippen molar-refractivity contribution in [2.75, 3.05) is 53.4 Å². The zero-order valence-corrected chi connectivity index (χ0v) is 15.6. The standard InChI is InChI=1S/C18H34N4O2/c1-4-21-11-6-15(7-12-21)5-10-20-18(19-2)22-13-8-16(9-14-22)17(23)24-3/h15-16H,4-14H2,1-3H3,(H,19,20). The van der Waals surface area contributed by atoms with Gasteiger partial charge in [-0.2, -0.15) is 0 Å². The van der Waals surface area contributed by atoms with Gasteiger partial charge in [-0.3, -0.25) is 9.79 Å². The lowest BCUT2D eigenvalue weighted by Crippen LogP contribution is -2.47. The number of carbonyl (C=O) groups is 1. The van der Waals surface area contributed by atoms with Gasteiger partial charge in [0, 0.05) is 26.7 Å². The fourth-order valence-electron chi connectivity index (χ4n) is 3.81. The van der Waals surface area contributed by atoms with Gasteiger partial charge in [0.05, 0.1) is 13.0 Å². The van der Waals surface area contributed by atoms with Crippen LogP contribution < -0.4 is 5.32 Å². The summed E-state index contributed by atoms with van der Waals surface area (Å²) in [6.07, 6.45) is 5.55. The fraction of sp³-hybridized carbons (Fsp3) is 0.889. The van der Waals surface area contributed by atoms with Crippen molar-refractivity contribution in [3.8, 4) is 0 Å². The highest BCUT2D eigenvalue weighted by Gasteiger charge is 2.27. The van der Waals surface area contributed by atoms with E-state index >= 15 is 0 Å². The van der Waals surface area contributed by atoms with Crippen LogP contribution in [0.25, 0.3) is 0 Å². The first-order chi connectivity index (χ1) is 11.7. The third kappa shape index (κ3) is 5.36. The van der Waals surface area contributed by atoms with E-state index in [9.17, 15) is 4.79 Å². The van der Waals surface area contributed by atoms with Crippen LogP contribution in [0.3, 0.4) is 0 Å². The highest BCUT2D eigenvalue weighted by Crippen LogP contribution is 2.20. The molecule has 0 saturated carbocycles. The number of piperidine rings is 2. The van der Waals surface area contributed by atoms with Crippen LogP contribution in [0.4, 0.5) is 0 Å². The molecule has 2 aliphatic heterocycles. The Morgan fingerprint density at radius 1 is 1.17 bits per heavy atom. The summed E-state index contributed by atoms with van der Waals surface area (Å²) in [5, 5.41) is 3.52. The van der Waals surface area contributed by atoms with Gasteiger partial charge in [-0.1, -0.05) is 6.92 Å². The Balaban J connectivity index is 1.67. The van der Waals surface area contributed by atoms with Gasteiger partial charge < -0.3 is 19.9 Å². The number of hydrogen-bond donors (Lipinski definition) is 1. The largest absolute Gasteiger partial charge is 0.469 e. The minimum atomic E-state index is -0.0731. The van der Waals surface area contributed by atoms with E-state index in [-0.39, 0.29) is 11.9 Å². The van der Waals surface area contributed by atoms with Crippen LogP contribution in [0.2, 0.25) is 0 Å². The number of methoxy groups -OCH3 is 1. The van der Waals surface area contributed by atoms with Crippen molar-refractivity contribution >= 4 is 11.9 Å². The van der Waals surface area contributed by atoms with Crippen LogP contribution in [0, 0.1) is 11.8 Å². The third-order valence-corrected chi connectivity index (χ3v) is 5.53. The summed E-state index contributed by atoms with van der Waals surface area (Å²) in [6, 6.07) is 0. The Morgan fingerprint density at radius 3 is 2.38 bits per heavy atom. The number of aliphatic imine (C=N–C) groups is 1. The molecular weight excluding hydrogens is 304 g/mol. The number of esters is 1. The van der Waals surface area contributed by atoms with Crippen LogP contribution in [0.1, 0.15) is 39.0 Å². The van der Waals surface area contributed by atoms with Crippen molar-refractivity contribution in [1.82, 2.24) is 15.1 Å². The second-order valence-corrected chi connectivity index (χ2v) is 6.92. The molecule has 2 heterocycles. The molecule has 0 aromatic heterocycles. The molecule has 0 aromatic rings. The van der Waals surface area contributed by atoms with Gasteiger partial charge in [0.25, 0.3) is 0 Å². The first-order valence-electron chi connectivity index (χ1n) is 9.43. The van der Waals surface area contributed by atoms with E-state index < -0.39 is 0 Å². The molecule has 6 nitrogen and oxygen atoms in total.